The van der Waals surface area contributed by atoms with Gasteiger partial charge in [-0.15, -0.1) is 0 Å². The summed E-state index contributed by atoms with van der Waals surface area (Å²) in [6.07, 6.45) is 0. The van der Waals surface area contributed by atoms with Crippen LogP contribution in [0.2, 0.25) is 0 Å². The van der Waals surface area contributed by atoms with Gasteiger partial charge in [-0.2, -0.15) is 0 Å². The fraction of sp³-hybridized carbons (Fsp3) is 0.364. The summed E-state index contributed by atoms with van der Waals surface area (Å²) >= 11 is 0. The lowest BCUT2D eigenvalue weighted by Crippen LogP contribution is -2.48. The molecule has 0 spiro atoms. The van der Waals surface area contributed by atoms with E-state index in [-0.39, 0.29) is 18.4 Å². The van der Waals surface area contributed by atoms with Crippen LogP contribution in [0.25, 0.3) is 0 Å². The summed E-state index contributed by atoms with van der Waals surface area (Å²) in [4.78, 5) is 26.6. The van der Waals surface area contributed by atoms with E-state index in [1.54, 1.807) is 18.9 Å². The van der Waals surface area contributed by atoms with E-state index < -0.39 is 6.04 Å². The Morgan fingerprint density at radius 2 is 1.78 bits per heavy atom. The van der Waals surface area contributed by atoms with Crippen LogP contribution >= 0.6 is 0 Å². The van der Waals surface area contributed by atoms with E-state index in [4.69, 9.17) is 4.74 Å². The Hall–Kier alpha value is -2.82. The van der Waals surface area contributed by atoms with Crippen molar-refractivity contribution >= 4 is 11.8 Å². The molecule has 1 atom stereocenters. The van der Waals surface area contributed by atoms with Gasteiger partial charge in [0.25, 0.3) is 5.91 Å². The fourth-order valence-electron chi connectivity index (χ4n) is 2.94. The molecular formula is C22H28N2O3. The number of benzene rings is 2. The summed E-state index contributed by atoms with van der Waals surface area (Å²) in [6, 6.07) is 13.0. The second-order valence-electron chi connectivity index (χ2n) is 6.79. The number of nitrogens with zero attached hydrogens (tertiary/aromatic N) is 1. The Morgan fingerprint density at radius 3 is 2.41 bits per heavy atom. The summed E-state index contributed by atoms with van der Waals surface area (Å²) in [7, 11) is 1.57. The molecule has 0 fully saturated rings. The van der Waals surface area contributed by atoms with E-state index in [2.05, 4.69) is 11.4 Å². The van der Waals surface area contributed by atoms with Crippen LogP contribution in [0.5, 0.6) is 5.75 Å². The second kappa shape index (κ2) is 9.21. The van der Waals surface area contributed by atoms with Crippen LogP contribution in [-0.2, 0) is 16.1 Å². The standard InChI is InChI=1S/C22H28N2O3/c1-15-11-16(2)17(3)20(12-15)27-14-21(25)24(18(4)22(26)23-5)13-19-9-7-6-8-10-19/h6-12,18H,13-14H2,1-5H3,(H,23,26)/t18-/m1/s1. The Bertz CT molecular complexity index is 803. The van der Waals surface area contributed by atoms with Gasteiger partial charge in [0.15, 0.2) is 6.61 Å². The molecule has 2 rings (SSSR count). The van der Waals surface area contributed by atoms with Crippen molar-refractivity contribution in [3.63, 3.8) is 0 Å². The summed E-state index contributed by atoms with van der Waals surface area (Å²) in [5.74, 6) is 0.267. The number of nitrogens with one attached hydrogen (secondary N) is 1. The molecule has 27 heavy (non-hydrogen) atoms. The molecule has 5 heteroatoms. The zero-order valence-corrected chi connectivity index (χ0v) is 16.7. The highest BCUT2D eigenvalue weighted by Gasteiger charge is 2.26. The molecule has 0 aliphatic carbocycles. The number of likely N-dealkylation sites (N-methyl/N-ethyl adjacent to an activating group) is 1. The average molecular weight is 368 g/mol. The Morgan fingerprint density at radius 1 is 1.11 bits per heavy atom. The summed E-state index contributed by atoms with van der Waals surface area (Å²) < 4.78 is 5.82. The smallest absolute Gasteiger partial charge is 0.261 e. The quantitative estimate of drug-likeness (QED) is 0.817. The van der Waals surface area contributed by atoms with E-state index >= 15 is 0 Å². The van der Waals surface area contributed by atoms with Gasteiger partial charge >= 0.3 is 0 Å². The van der Waals surface area contributed by atoms with E-state index in [0.29, 0.717) is 12.3 Å². The van der Waals surface area contributed by atoms with Gasteiger partial charge in [-0.3, -0.25) is 9.59 Å². The molecule has 5 nitrogen and oxygen atoms in total. The predicted molar refractivity (Wildman–Crippen MR) is 107 cm³/mol. The molecule has 0 saturated carbocycles. The van der Waals surface area contributed by atoms with Crippen molar-refractivity contribution in [1.29, 1.82) is 0 Å². The van der Waals surface area contributed by atoms with Gasteiger partial charge in [-0.05, 0) is 56.0 Å². The van der Waals surface area contributed by atoms with Gasteiger partial charge in [-0.25, -0.2) is 0 Å². The van der Waals surface area contributed by atoms with Crippen molar-refractivity contribution in [3.05, 3.63) is 64.7 Å². The van der Waals surface area contributed by atoms with E-state index in [0.717, 1.165) is 22.3 Å². The third-order valence-corrected chi connectivity index (χ3v) is 4.72. The van der Waals surface area contributed by atoms with E-state index in [9.17, 15) is 9.59 Å². The minimum absolute atomic E-state index is 0.113. The molecule has 0 aromatic heterocycles. The first-order chi connectivity index (χ1) is 12.8. The topological polar surface area (TPSA) is 58.6 Å². The zero-order valence-electron chi connectivity index (χ0n) is 16.7. The number of ether oxygens (including phenoxy) is 1. The lowest BCUT2D eigenvalue weighted by atomic mass is 10.1. The first-order valence-corrected chi connectivity index (χ1v) is 9.09. The van der Waals surface area contributed by atoms with Crippen LogP contribution in [0.15, 0.2) is 42.5 Å². The van der Waals surface area contributed by atoms with Crippen molar-refractivity contribution in [2.24, 2.45) is 0 Å². The van der Waals surface area contributed by atoms with E-state index in [1.165, 1.54) is 0 Å². The highest BCUT2D eigenvalue weighted by Crippen LogP contribution is 2.23. The average Bonchev–Trinajstić information content (AvgIpc) is 2.67. The number of rotatable bonds is 7. The molecule has 2 aromatic rings. The van der Waals surface area contributed by atoms with E-state index in [1.807, 2.05) is 57.2 Å². The van der Waals surface area contributed by atoms with Crippen molar-refractivity contribution in [2.75, 3.05) is 13.7 Å². The monoisotopic (exact) mass is 368 g/mol. The summed E-state index contributed by atoms with van der Waals surface area (Å²) in [6.45, 7) is 7.95. The van der Waals surface area contributed by atoms with Crippen molar-refractivity contribution < 1.29 is 14.3 Å². The number of hydrogen-bond acceptors (Lipinski definition) is 3. The molecule has 0 radical (unpaired) electrons. The lowest BCUT2D eigenvalue weighted by Gasteiger charge is -2.28. The molecule has 0 bridgehead atoms. The largest absolute Gasteiger partial charge is 0.483 e. The van der Waals surface area contributed by atoms with Crippen LogP contribution in [0, 0.1) is 20.8 Å². The molecule has 2 amide bonds. The molecule has 0 aliphatic rings. The van der Waals surface area contributed by atoms with Gasteiger partial charge in [0, 0.05) is 13.6 Å². The summed E-state index contributed by atoms with van der Waals surface area (Å²) in [5, 5.41) is 2.61. The maximum Gasteiger partial charge on any atom is 0.261 e. The van der Waals surface area contributed by atoms with Crippen LogP contribution < -0.4 is 10.1 Å². The second-order valence-corrected chi connectivity index (χ2v) is 6.79. The predicted octanol–water partition coefficient (Wildman–Crippen LogP) is 3.15. The van der Waals surface area contributed by atoms with Gasteiger partial charge in [0.05, 0.1) is 0 Å². The van der Waals surface area contributed by atoms with Crippen LogP contribution in [0.1, 0.15) is 29.2 Å². The number of hydrogen-bond donors (Lipinski definition) is 1. The molecule has 0 aliphatic heterocycles. The van der Waals surface area contributed by atoms with Crippen molar-refractivity contribution in [1.82, 2.24) is 10.2 Å². The molecule has 0 unspecified atom stereocenters. The number of carbonyl (C=O) groups is 2. The molecule has 1 N–H and O–H groups in total. The molecule has 0 heterocycles. The van der Waals surface area contributed by atoms with Crippen molar-refractivity contribution in [3.8, 4) is 5.75 Å². The van der Waals surface area contributed by atoms with Crippen molar-refractivity contribution in [2.45, 2.75) is 40.3 Å². The molecule has 0 saturated heterocycles. The maximum atomic E-state index is 12.9. The Kier molecular flexibility index (Phi) is 6.99. The van der Waals surface area contributed by atoms with Gasteiger partial charge in [0.1, 0.15) is 11.8 Å². The summed E-state index contributed by atoms with van der Waals surface area (Å²) in [5.41, 5.74) is 4.18. The SMILES string of the molecule is CNC(=O)[C@@H](C)N(Cc1ccccc1)C(=O)COc1cc(C)cc(C)c1C. The van der Waals surface area contributed by atoms with Gasteiger partial charge in [-0.1, -0.05) is 36.4 Å². The Labute approximate surface area is 161 Å². The highest BCUT2D eigenvalue weighted by molar-refractivity contribution is 5.87. The zero-order chi connectivity index (χ0) is 20.0. The highest BCUT2D eigenvalue weighted by atomic mass is 16.5. The third-order valence-electron chi connectivity index (χ3n) is 4.72. The molecule has 144 valence electrons. The van der Waals surface area contributed by atoms with Crippen LogP contribution in [-0.4, -0.2) is 36.4 Å². The van der Waals surface area contributed by atoms with Crippen LogP contribution in [0.4, 0.5) is 0 Å². The Balaban J connectivity index is 2.17. The minimum Gasteiger partial charge on any atom is -0.483 e. The molecule has 2 aromatic carbocycles. The third kappa shape index (κ3) is 5.33. The van der Waals surface area contributed by atoms with Gasteiger partial charge in [0.2, 0.25) is 5.91 Å². The van der Waals surface area contributed by atoms with Gasteiger partial charge < -0.3 is 15.0 Å². The maximum absolute atomic E-state index is 12.9. The minimum atomic E-state index is -0.591. The number of carbonyl (C=O) groups excluding carboxylic acids is 2. The number of aryl methyl sites for hydroxylation is 2. The lowest BCUT2D eigenvalue weighted by molar-refractivity contribution is -0.142. The normalized spacial score (nSPS) is 11.6. The first kappa shape index (κ1) is 20.5. The first-order valence-electron chi connectivity index (χ1n) is 9.09. The van der Waals surface area contributed by atoms with Crippen LogP contribution in [0.3, 0.4) is 0 Å². The molecular weight excluding hydrogens is 340 g/mol. The number of amides is 2. The fourth-order valence-corrected chi connectivity index (χ4v) is 2.94.